The van der Waals surface area contributed by atoms with Gasteiger partial charge in [-0.25, -0.2) is 13.2 Å². The number of aromatic amines is 2. The maximum atomic E-state index is 12.2. The molecule has 1 aromatic heterocycles. The van der Waals surface area contributed by atoms with Crippen LogP contribution >= 0.6 is 0 Å². The summed E-state index contributed by atoms with van der Waals surface area (Å²) in [6.45, 7) is 3.21. The van der Waals surface area contributed by atoms with E-state index in [0.29, 0.717) is 11.0 Å². The molecular formula is C12H15N3O5S. The normalized spacial score (nSPS) is 13.7. The van der Waals surface area contributed by atoms with Crippen molar-refractivity contribution >= 4 is 27.0 Å². The number of carboxylic acid groups (broad SMARTS) is 1. The second-order valence-corrected chi connectivity index (χ2v) is 6.68. The van der Waals surface area contributed by atoms with Gasteiger partial charge in [0.25, 0.3) is 0 Å². The first-order valence-electron chi connectivity index (χ1n) is 6.18. The van der Waals surface area contributed by atoms with Gasteiger partial charge in [-0.2, -0.15) is 4.72 Å². The summed E-state index contributed by atoms with van der Waals surface area (Å²) in [5, 5.41) is 9.05. The fourth-order valence-corrected chi connectivity index (χ4v) is 3.25. The first kappa shape index (κ1) is 15.3. The topological polar surface area (TPSA) is 132 Å². The van der Waals surface area contributed by atoms with Gasteiger partial charge in [0.1, 0.15) is 6.04 Å². The lowest BCUT2D eigenvalue weighted by Gasteiger charge is -2.17. The molecule has 0 amide bonds. The zero-order valence-electron chi connectivity index (χ0n) is 11.4. The molecule has 114 valence electrons. The van der Waals surface area contributed by atoms with Crippen LogP contribution < -0.4 is 10.4 Å². The van der Waals surface area contributed by atoms with Gasteiger partial charge in [-0.1, -0.05) is 13.8 Å². The molecule has 2 rings (SSSR count). The Kier molecular flexibility index (Phi) is 3.88. The number of hydrogen-bond donors (Lipinski definition) is 4. The molecule has 2 aromatic rings. The number of sulfonamides is 1. The number of imidazole rings is 1. The minimum Gasteiger partial charge on any atom is -0.480 e. The lowest BCUT2D eigenvalue weighted by atomic mass is 10.1. The number of carboxylic acids is 1. The summed E-state index contributed by atoms with van der Waals surface area (Å²) < 4.78 is 26.6. The SMILES string of the molecule is CC(C)[C@H](NS(=O)(=O)c1ccc2[nH]c(=O)[nH]c2c1)C(=O)O. The van der Waals surface area contributed by atoms with Crippen molar-refractivity contribution < 1.29 is 18.3 Å². The maximum Gasteiger partial charge on any atom is 0.323 e. The second-order valence-electron chi connectivity index (χ2n) is 4.97. The summed E-state index contributed by atoms with van der Waals surface area (Å²) in [6, 6.07) is 2.78. The summed E-state index contributed by atoms with van der Waals surface area (Å²) in [6.07, 6.45) is 0. The minimum atomic E-state index is -4.00. The van der Waals surface area contributed by atoms with E-state index in [1.54, 1.807) is 13.8 Å². The highest BCUT2D eigenvalue weighted by molar-refractivity contribution is 7.89. The van der Waals surface area contributed by atoms with Crippen LogP contribution in [0.5, 0.6) is 0 Å². The van der Waals surface area contributed by atoms with Gasteiger partial charge in [-0.15, -0.1) is 0 Å². The Hall–Kier alpha value is -2.13. The number of aromatic nitrogens is 2. The van der Waals surface area contributed by atoms with E-state index in [0.717, 1.165) is 0 Å². The summed E-state index contributed by atoms with van der Waals surface area (Å²) in [4.78, 5) is 27.1. The van der Waals surface area contributed by atoms with Crippen LogP contribution in [-0.2, 0) is 14.8 Å². The average Bonchev–Trinajstić information content (AvgIpc) is 2.74. The van der Waals surface area contributed by atoms with Crippen LogP contribution in [0.4, 0.5) is 0 Å². The number of benzene rings is 1. The van der Waals surface area contributed by atoms with Gasteiger partial charge >= 0.3 is 11.7 Å². The van der Waals surface area contributed by atoms with Gasteiger partial charge in [0.15, 0.2) is 0 Å². The molecule has 0 aliphatic heterocycles. The lowest BCUT2D eigenvalue weighted by molar-refractivity contribution is -0.140. The zero-order chi connectivity index (χ0) is 15.8. The molecule has 1 aromatic carbocycles. The summed E-state index contributed by atoms with van der Waals surface area (Å²) in [5.74, 6) is -1.65. The van der Waals surface area contributed by atoms with Crippen LogP contribution in [0, 0.1) is 5.92 Å². The van der Waals surface area contributed by atoms with Gasteiger partial charge in [0, 0.05) is 0 Å². The van der Waals surface area contributed by atoms with E-state index >= 15 is 0 Å². The Balaban J connectivity index is 2.41. The van der Waals surface area contributed by atoms with Crippen LogP contribution in [0.2, 0.25) is 0 Å². The van der Waals surface area contributed by atoms with E-state index in [9.17, 15) is 18.0 Å². The predicted molar refractivity (Wildman–Crippen MR) is 75.5 cm³/mol. The van der Waals surface area contributed by atoms with Crippen molar-refractivity contribution in [1.29, 1.82) is 0 Å². The number of fused-ring (bicyclic) bond motifs is 1. The van der Waals surface area contributed by atoms with Crippen molar-refractivity contribution in [3.05, 3.63) is 28.7 Å². The van der Waals surface area contributed by atoms with Crippen LogP contribution in [-0.4, -0.2) is 35.5 Å². The average molecular weight is 313 g/mol. The molecule has 1 atom stereocenters. The Morgan fingerprint density at radius 3 is 2.43 bits per heavy atom. The molecule has 21 heavy (non-hydrogen) atoms. The van der Waals surface area contributed by atoms with Crippen molar-refractivity contribution in [3.63, 3.8) is 0 Å². The number of hydrogen-bond acceptors (Lipinski definition) is 4. The molecule has 0 fully saturated rings. The van der Waals surface area contributed by atoms with Gasteiger partial charge in [0.05, 0.1) is 15.9 Å². The number of rotatable bonds is 5. The van der Waals surface area contributed by atoms with Gasteiger partial charge < -0.3 is 15.1 Å². The Labute approximate surface area is 120 Å². The third kappa shape index (κ3) is 3.14. The fraction of sp³-hybridized carbons (Fsp3) is 0.333. The number of carbonyl (C=O) groups is 1. The first-order chi connectivity index (χ1) is 9.70. The molecule has 0 aliphatic rings. The summed E-state index contributed by atoms with van der Waals surface area (Å²) in [7, 11) is -4.00. The molecule has 1 heterocycles. The largest absolute Gasteiger partial charge is 0.480 e. The smallest absolute Gasteiger partial charge is 0.323 e. The molecule has 0 radical (unpaired) electrons. The van der Waals surface area contributed by atoms with Crippen molar-refractivity contribution in [3.8, 4) is 0 Å². The standard InChI is InChI=1S/C12H15N3O5S/c1-6(2)10(11(16)17)15-21(19,20)7-3-4-8-9(5-7)14-12(18)13-8/h3-6,10,15H,1-2H3,(H,16,17)(H2,13,14,18)/t10-/m0/s1. The second kappa shape index (κ2) is 5.34. The van der Waals surface area contributed by atoms with E-state index in [4.69, 9.17) is 5.11 Å². The van der Waals surface area contributed by atoms with Crippen LogP contribution in [0.3, 0.4) is 0 Å². The van der Waals surface area contributed by atoms with Crippen LogP contribution in [0.25, 0.3) is 11.0 Å². The molecule has 0 aliphatic carbocycles. The number of nitrogens with one attached hydrogen (secondary N) is 3. The summed E-state index contributed by atoms with van der Waals surface area (Å²) in [5.41, 5.74) is 0.356. The molecular weight excluding hydrogens is 298 g/mol. The van der Waals surface area contributed by atoms with E-state index in [1.165, 1.54) is 18.2 Å². The van der Waals surface area contributed by atoms with Gasteiger partial charge in [0.2, 0.25) is 10.0 Å². The quantitative estimate of drug-likeness (QED) is 0.628. The molecule has 0 spiro atoms. The molecule has 0 bridgehead atoms. The Bertz CT molecular complexity index is 834. The van der Waals surface area contributed by atoms with Crippen LogP contribution in [0.15, 0.2) is 27.9 Å². The molecule has 0 saturated heterocycles. The molecule has 0 saturated carbocycles. The lowest BCUT2D eigenvalue weighted by Crippen LogP contribution is -2.44. The van der Waals surface area contributed by atoms with Gasteiger partial charge in [-0.3, -0.25) is 4.79 Å². The maximum absolute atomic E-state index is 12.2. The fourth-order valence-electron chi connectivity index (χ4n) is 1.89. The minimum absolute atomic E-state index is 0.114. The number of H-pyrrole nitrogens is 2. The Morgan fingerprint density at radius 2 is 1.86 bits per heavy atom. The van der Waals surface area contributed by atoms with Crippen molar-refractivity contribution in [2.75, 3.05) is 0 Å². The third-order valence-corrected chi connectivity index (χ3v) is 4.45. The van der Waals surface area contributed by atoms with E-state index in [1.807, 2.05) is 0 Å². The highest BCUT2D eigenvalue weighted by Crippen LogP contribution is 2.16. The Morgan fingerprint density at radius 1 is 1.24 bits per heavy atom. The van der Waals surface area contributed by atoms with E-state index in [-0.39, 0.29) is 4.90 Å². The molecule has 4 N–H and O–H groups in total. The zero-order valence-corrected chi connectivity index (χ0v) is 12.2. The number of aliphatic carboxylic acids is 1. The van der Waals surface area contributed by atoms with E-state index in [2.05, 4.69) is 14.7 Å². The van der Waals surface area contributed by atoms with Crippen LogP contribution in [0.1, 0.15) is 13.8 Å². The van der Waals surface area contributed by atoms with Gasteiger partial charge in [-0.05, 0) is 24.1 Å². The van der Waals surface area contributed by atoms with E-state index < -0.39 is 33.6 Å². The van der Waals surface area contributed by atoms with Crippen molar-refractivity contribution in [2.24, 2.45) is 5.92 Å². The highest BCUT2D eigenvalue weighted by Gasteiger charge is 2.28. The van der Waals surface area contributed by atoms with Crippen molar-refractivity contribution in [2.45, 2.75) is 24.8 Å². The van der Waals surface area contributed by atoms with Crippen molar-refractivity contribution in [1.82, 2.24) is 14.7 Å². The monoisotopic (exact) mass is 313 g/mol. The summed E-state index contributed by atoms with van der Waals surface area (Å²) >= 11 is 0. The highest BCUT2D eigenvalue weighted by atomic mass is 32.2. The predicted octanol–water partition coefficient (Wildman–Crippen LogP) is 0.244. The molecule has 8 nitrogen and oxygen atoms in total. The first-order valence-corrected chi connectivity index (χ1v) is 7.66. The molecule has 0 unspecified atom stereocenters. The third-order valence-electron chi connectivity index (χ3n) is 3.01. The molecule has 9 heteroatoms.